The third kappa shape index (κ3) is 3.00. The fourth-order valence-corrected chi connectivity index (χ4v) is 3.33. The summed E-state index contributed by atoms with van der Waals surface area (Å²) < 4.78 is 0. The number of amides is 1. The molecule has 1 N–H and O–H groups in total. The molecule has 0 bridgehead atoms. The second-order valence-corrected chi connectivity index (χ2v) is 7.29. The van der Waals surface area contributed by atoms with E-state index in [4.69, 9.17) is 0 Å². The van der Waals surface area contributed by atoms with Crippen molar-refractivity contribution in [2.45, 2.75) is 50.7 Å². The maximum atomic E-state index is 12.1. The van der Waals surface area contributed by atoms with Crippen molar-refractivity contribution >= 4 is 17.7 Å². The van der Waals surface area contributed by atoms with E-state index >= 15 is 0 Å². The van der Waals surface area contributed by atoms with Crippen molar-refractivity contribution < 1.29 is 4.79 Å². The highest BCUT2D eigenvalue weighted by Crippen LogP contribution is 2.38. The van der Waals surface area contributed by atoms with Crippen molar-refractivity contribution in [3.63, 3.8) is 0 Å². The molecule has 2 heterocycles. The first-order valence-electron chi connectivity index (χ1n) is 7.33. The van der Waals surface area contributed by atoms with Crippen molar-refractivity contribution in [3.8, 4) is 0 Å². The van der Waals surface area contributed by atoms with Crippen LogP contribution >= 0.6 is 11.8 Å². The molecule has 2 atom stereocenters. The standard InChI is InChI=1S/C16H24N2OS/c1-5-17-15(19)16(3,4)12-6-7-13(18-10-12)11(2)14-8-9-20-14/h6-7,10-11,14H,5,8-9H2,1-4H3,(H,17,19). The summed E-state index contributed by atoms with van der Waals surface area (Å²) in [6, 6.07) is 4.14. The van der Waals surface area contributed by atoms with E-state index < -0.39 is 5.41 Å². The van der Waals surface area contributed by atoms with Gasteiger partial charge in [0, 0.05) is 29.6 Å². The van der Waals surface area contributed by atoms with E-state index in [2.05, 4.69) is 29.4 Å². The van der Waals surface area contributed by atoms with Crippen LogP contribution in [0.15, 0.2) is 18.3 Å². The molecule has 20 heavy (non-hydrogen) atoms. The van der Waals surface area contributed by atoms with E-state index in [9.17, 15) is 4.79 Å². The van der Waals surface area contributed by atoms with Crippen LogP contribution < -0.4 is 5.32 Å². The monoisotopic (exact) mass is 292 g/mol. The van der Waals surface area contributed by atoms with Gasteiger partial charge in [0.2, 0.25) is 5.91 Å². The smallest absolute Gasteiger partial charge is 0.230 e. The highest BCUT2D eigenvalue weighted by molar-refractivity contribution is 8.01. The zero-order valence-corrected chi connectivity index (χ0v) is 13.6. The molecule has 1 amide bonds. The molecule has 1 aliphatic heterocycles. The highest BCUT2D eigenvalue weighted by atomic mass is 32.2. The van der Waals surface area contributed by atoms with Crippen LogP contribution in [0.5, 0.6) is 0 Å². The number of nitrogens with zero attached hydrogens (tertiary/aromatic N) is 1. The molecule has 110 valence electrons. The third-order valence-electron chi connectivity index (χ3n) is 4.17. The second-order valence-electron chi connectivity index (χ2n) is 5.94. The van der Waals surface area contributed by atoms with E-state index in [0.717, 1.165) is 11.3 Å². The van der Waals surface area contributed by atoms with Gasteiger partial charge in [-0.3, -0.25) is 9.78 Å². The molecule has 1 aliphatic rings. The number of carbonyl (C=O) groups is 1. The third-order valence-corrected chi connectivity index (χ3v) is 5.72. The number of hydrogen-bond donors (Lipinski definition) is 1. The van der Waals surface area contributed by atoms with Gasteiger partial charge < -0.3 is 5.32 Å². The summed E-state index contributed by atoms with van der Waals surface area (Å²) in [5, 5.41) is 3.60. The van der Waals surface area contributed by atoms with Crippen LogP contribution in [0, 0.1) is 0 Å². The van der Waals surface area contributed by atoms with Crippen molar-refractivity contribution in [1.29, 1.82) is 0 Å². The van der Waals surface area contributed by atoms with E-state index in [1.165, 1.54) is 12.2 Å². The Morgan fingerprint density at radius 2 is 2.25 bits per heavy atom. The molecule has 1 fully saturated rings. The van der Waals surface area contributed by atoms with Crippen LogP contribution in [-0.4, -0.2) is 28.4 Å². The molecule has 3 nitrogen and oxygen atoms in total. The average molecular weight is 292 g/mol. The Kier molecular flexibility index (Phi) is 4.74. The van der Waals surface area contributed by atoms with Gasteiger partial charge in [-0.05, 0) is 44.6 Å². The van der Waals surface area contributed by atoms with Gasteiger partial charge in [0.05, 0.1) is 5.41 Å². The molecular weight excluding hydrogens is 268 g/mol. The average Bonchev–Trinajstić information content (AvgIpc) is 2.37. The topological polar surface area (TPSA) is 42.0 Å². The number of thioether (sulfide) groups is 1. The summed E-state index contributed by atoms with van der Waals surface area (Å²) in [6.07, 6.45) is 3.16. The van der Waals surface area contributed by atoms with E-state index in [1.54, 1.807) is 0 Å². The predicted octanol–water partition coefficient (Wildman–Crippen LogP) is 3.10. The lowest BCUT2D eigenvalue weighted by atomic mass is 9.84. The van der Waals surface area contributed by atoms with Crippen LogP contribution in [0.25, 0.3) is 0 Å². The van der Waals surface area contributed by atoms with Gasteiger partial charge in [-0.1, -0.05) is 13.0 Å². The van der Waals surface area contributed by atoms with Gasteiger partial charge >= 0.3 is 0 Å². The summed E-state index contributed by atoms with van der Waals surface area (Å²) >= 11 is 2.03. The Balaban J connectivity index is 2.12. The molecule has 2 rings (SSSR count). The summed E-state index contributed by atoms with van der Waals surface area (Å²) in [5.41, 5.74) is 1.58. The van der Waals surface area contributed by atoms with E-state index in [0.29, 0.717) is 17.7 Å². The largest absolute Gasteiger partial charge is 0.356 e. The Hall–Kier alpha value is -1.03. The quantitative estimate of drug-likeness (QED) is 0.906. The SMILES string of the molecule is CCNC(=O)C(C)(C)c1ccc(C(C)C2CCS2)nc1. The van der Waals surface area contributed by atoms with Crippen molar-refractivity contribution in [2.24, 2.45) is 0 Å². The van der Waals surface area contributed by atoms with Crippen LogP contribution in [0.2, 0.25) is 0 Å². The van der Waals surface area contributed by atoms with E-state index in [1.807, 2.05) is 38.7 Å². The van der Waals surface area contributed by atoms with Gasteiger partial charge in [-0.2, -0.15) is 11.8 Å². The molecule has 1 aromatic rings. The van der Waals surface area contributed by atoms with Crippen molar-refractivity contribution in [3.05, 3.63) is 29.6 Å². The Morgan fingerprint density at radius 3 is 2.70 bits per heavy atom. The van der Waals surface area contributed by atoms with Crippen molar-refractivity contribution in [1.82, 2.24) is 10.3 Å². The predicted molar refractivity (Wildman–Crippen MR) is 85.2 cm³/mol. The number of carbonyl (C=O) groups excluding carboxylic acids is 1. The zero-order chi connectivity index (χ0) is 14.8. The number of likely N-dealkylation sites (N-methyl/N-ethyl adjacent to an activating group) is 1. The lowest BCUT2D eigenvalue weighted by molar-refractivity contribution is -0.125. The van der Waals surface area contributed by atoms with Crippen LogP contribution in [0.1, 0.15) is 51.3 Å². The lowest BCUT2D eigenvalue weighted by Gasteiger charge is -2.31. The number of aromatic nitrogens is 1. The van der Waals surface area contributed by atoms with E-state index in [-0.39, 0.29) is 5.91 Å². The minimum absolute atomic E-state index is 0.0529. The number of hydrogen-bond acceptors (Lipinski definition) is 3. The molecule has 0 radical (unpaired) electrons. The molecule has 0 aromatic carbocycles. The second kappa shape index (κ2) is 6.17. The summed E-state index contributed by atoms with van der Waals surface area (Å²) in [5.74, 6) is 1.82. The van der Waals surface area contributed by atoms with Gasteiger partial charge in [0.1, 0.15) is 0 Å². The number of rotatable bonds is 5. The summed E-state index contributed by atoms with van der Waals surface area (Å²) in [4.78, 5) is 16.7. The van der Waals surface area contributed by atoms with Gasteiger partial charge in [0.25, 0.3) is 0 Å². The number of pyridine rings is 1. The fraction of sp³-hybridized carbons (Fsp3) is 0.625. The summed E-state index contributed by atoms with van der Waals surface area (Å²) in [7, 11) is 0. The Bertz CT molecular complexity index is 466. The van der Waals surface area contributed by atoms with Gasteiger partial charge in [0.15, 0.2) is 0 Å². The lowest BCUT2D eigenvalue weighted by Crippen LogP contribution is -2.40. The highest BCUT2D eigenvalue weighted by Gasteiger charge is 2.31. The number of nitrogens with one attached hydrogen (secondary N) is 1. The zero-order valence-electron chi connectivity index (χ0n) is 12.8. The molecule has 1 saturated heterocycles. The maximum Gasteiger partial charge on any atom is 0.230 e. The minimum Gasteiger partial charge on any atom is -0.356 e. The van der Waals surface area contributed by atoms with Crippen LogP contribution in [-0.2, 0) is 10.2 Å². The summed E-state index contributed by atoms with van der Waals surface area (Å²) in [6.45, 7) is 8.73. The Labute approximate surface area is 125 Å². The first kappa shape index (κ1) is 15.4. The molecule has 0 aliphatic carbocycles. The maximum absolute atomic E-state index is 12.1. The molecule has 0 saturated carbocycles. The molecule has 0 spiro atoms. The van der Waals surface area contributed by atoms with Gasteiger partial charge in [-0.25, -0.2) is 0 Å². The normalized spacial score (nSPS) is 20.1. The molecular formula is C16H24N2OS. The van der Waals surface area contributed by atoms with Crippen molar-refractivity contribution in [2.75, 3.05) is 12.3 Å². The molecule has 2 unspecified atom stereocenters. The molecule has 4 heteroatoms. The Morgan fingerprint density at radius 1 is 1.55 bits per heavy atom. The van der Waals surface area contributed by atoms with Gasteiger partial charge in [-0.15, -0.1) is 0 Å². The fourth-order valence-electron chi connectivity index (χ4n) is 2.40. The first-order chi connectivity index (χ1) is 9.46. The van der Waals surface area contributed by atoms with Crippen LogP contribution in [0.4, 0.5) is 0 Å². The van der Waals surface area contributed by atoms with Crippen LogP contribution in [0.3, 0.4) is 0 Å². The minimum atomic E-state index is -0.532. The molecule has 1 aromatic heterocycles. The first-order valence-corrected chi connectivity index (χ1v) is 8.38.